The number of H-pyrrole nitrogens is 1. The van der Waals surface area contributed by atoms with E-state index in [0.717, 1.165) is 18.5 Å². The number of aromatic nitrogens is 2. The van der Waals surface area contributed by atoms with Gasteiger partial charge in [0.25, 0.3) is 0 Å². The Morgan fingerprint density at radius 2 is 2.18 bits per heavy atom. The van der Waals surface area contributed by atoms with Crippen LogP contribution in [0.4, 0.5) is 8.78 Å². The van der Waals surface area contributed by atoms with Crippen LogP contribution < -0.4 is 5.32 Å². The lowest BCUT2D eigenvalue weighted by atomic mass is 10.3. The first-order chi connectivity index (χ1) is 8.24. The maximum absolute atomic E-state index is 13.4. The highest BCUT2D eigenvalue weighted by atomic mass is 19.2. The Morgan fingerprint density at radius 1 is 1.35 bits per heavy atom. The van der Waals surface area contributed by atoms with Crippen LogP contribution in [0.15, 0.2) is 12.1 Å². The van der Waals surface area contributed by atoms with Gasteiger partial charge < -0.3 is 10.3 Å². The molecule has 0 atom stereocenters. The minimum atomic E-state index is -0.882. The monoisotopic (exact) mass is 237 g/mol. The number of rotatable bonds is 4. The Hall–Kier alpha value is -1.49. The largest absolute Gasteiger partial charge is 0.341 e. The Kier molecular flexibility index (Phi) is 2.55. The maximum Gasteiger partial charge on any atom is 0.186 e. The lowest BCUT2D eigenvalue weighted by Gasteiger charge is -1.98. The van der Waals surface area contributed by atoms with Crippen molar-refractivity contribution < 1.29 is 8.78 Å². The summed E-state index contributed by atoms with van der Waals surface area (Å²) in [5.41, 5.74) is 0.611. The Labute approximate surface area is 97.2 Å². The fourth-order valence-corrected chi connectivity index (χ4v) is 1.87. The van der Waals surface area contributed by atoms with Gasteiger partial charge in [-0.15, -0.1) is 0 Å². The molecule has 0 spiro atoms. The van der Waals surface area contributed by atoms with Crippen LogP contribution in [0.3, 0.4) is 0 Å². The van der Waals surface area contributed by atoms with E-state index in [9.17, 15) is 8.78 Å². The minimum absolute atomic E-state index is 0.0771. The zero-order valence-electron chi connectivity index (χ0n) is 9.26. The molecule has 2 aromatic rings. The number of halogens is 2. The highest BCUT2D eigenvalue weighted by Gasteiger charge is 2.20. The van der Waals surface area contributed by atoms with Gasteiger partial charge in [0.05, 0.1) is 12.1 Å². The van der Waals surface area contributed by atoms with Gasteiger partial charge in [0.1, 0.15) is 11.3 Å². The molecule has 1 aliphatic carbocycles. The summed E-state index contributed by atoms with van der Waals surface area (Å²) in [5.74, 6) is -0.313. The van der Waals surface area contributed by atoms with Gasteiger partial charge in [-0.2, -0.15) is 0 Å². The standard InChI is InChI=1S/C12H13F2N3/c13-8-3-4-9-12(11(8)14)17-10(16-9)6-15-5-7-1-2-7/h3-4,7,15H,1-2,5-6H2,(H,16,17). The smallest absolute Gasteiger partial charge is 0.186 e. The summed E-state index contributed by atoms with van der Waals surface area (Å²) in [4.78, 5) is 7.03. The fraction of sp³-hybridized carbons (Fsp3) is 0.417. The summed E-state index contributed by atoms with van der Waals surface area (Å²) in [6.45, 7) is 1.53. The number of hydrogen-bond donors (Lipinski definition) is 2. The molecule has 90 valence electrons. The van der Waals surface area contributed by atoms with Gasteiger partial charge in [0.2, 0.25) is 0 Å². The van der Waals surface area contributed by atoms with Crippen LogP contribution in [-0.4, -0.2) is 16.5 Å². The summed E-state index contributed by atoms with van der Waals surface area (Å²) in [6.07, 6.45) is 2.57. The average molecular weight is 237 g/mol. The molecular weight excluding hydrogens is 224 g/mol. The first-order valence-corrected chi connectivity index (χ1v) is 5.77. The molecule has 0 bridgehead atoms. The van der Waals surface area contributed by atoms with E-state index in [1.807, 2.05) is 0 Å². The van der Waals surface area contributed by atoms with E-state index in [1.54, 1.807) is 0 Å². The van der Waals surface area contributed by atoms with Crippen LogP contribution >= 0.6 is 0 Å². The molecular formula is C12H13F2N3. The van der Waals surface area contributed by atoms with Crippen LogP contribution in [0, 0.1) is 17.6 Å². The molecule has 0 unspecified atom stereocenters. The summed E-state index contributed by atoms with van der Waals surface area (Å²) >= 11 is 0. The van der Waals surface area contributed by atoms with Gasteiger partial charge >= 0.3 is 0 Å². The second-order valence-corrected chi connectivity index (χ2v) is 4.52. The fourth-order valence-electron chi connectivity index (χ4n) is 1.87. The van der Waals surface area contributed by atoms with Gasteiger partial charge in [0.15, 0.2) is 11.6 Å². The quantitative estimate of drug-likeness (QED) is 0.856. The molecule has 0 saturated heterocycles. The van der Waals surface area contributed by atoms with Gasteiger partial charge in [-0.3, -0.25) is 0 Å². The number of fused-ring (bicyclic) bond motifs is 1. The lowest BCUT2D eigenvalue weighted by Crippen LogP contribution is -2.16. The molecule has 5 heteroatoms. The van der Waals surface area contributed by atoms with Crippen LogP contribution in [0.5, 0.6) is 0 Å². The van der Waals surface area contributed by atoms with Crippen molar-refractivity contribution in [3.8, 4) is 0 Å². The van der Waals surface area contributed by atoms with Gasteiger partial charge in [-0.1, -0.05) is 0 Å². The molecule has 2 N–H and O–H groups in total. The number of aromatic amines is 1. The molecule has 1 fully saturated rings. The third-order valence-corrected chi connectivity index (χ3v) is 3.02. The summed E-state index contributed by atoms with van der Waals surface area (Å²) < 4.78 is 26.4. The average Bonchev–Trinajstić information content (AvgIpc) is 3.03. The van der Waals surface area contributed by atoms with Crippen molar-refractivity contribution in [3.05, 3.63) is 29.6 Å². The molecule has 0 amide bonds. The minimum Gasteiger partial charge on any atom is -0.341 e. The van der Waals surface area contributed by atoms with Crippen molar-refractivity contribution in [3.63, 3.8) is 0 Å². The lowest BCUT2D eigenvalue weighted by molar-refractivity contribution is 0.515. The molecule has 1 saturated carbocycles. The third kappa shape index (κ3) is 2.15. The second kappa shape index (κ2) is 4.07. The van der Waals surface area contributed by atoms with Crippen LogP contribution in [-0.2, 0) is 6.54 Å². The second-order valence-electron chi connectivity index (χ2n) is 4.52. The first-order valence-electron chi connectivity index (χ1n) is 5.77. The summed E-state index contributed by atoms with van der Waals surface area (Å²) in [5, 5.41) is 3.25. The summed E-state index contributed by atoms with van der Waals surface area (Å²) in [6, 6.07) is 2.61. The topological polar surface area (TPSA) is 40.7 Å². The molecule has 3 nitrogen and oxygen atoms in total. The van der Waals surface area contributed by atoms with Crippen LogP contribution in [0.1, 0.15) is 18.7 Å². The zero-order valence-corrected chi connectivity index (χ0v) is 9.26. The predicted octanol–water partition coefficient (Wildman–Crippen LogP) is 2.34. The molecule has 0 aliphatic heterocycles. The van der Waals surface area contributed by atoms with E-state index in [0.29, 0.717) is 17.9 Å². The van der Waals surface area contributed by atoms with Gasteiger partial charge in [0, 0.05) is 0 Å². The predicted molar refractivity (Wildman–Crippen MR) is 60.4 cm³/mol. The van der Waals surface area contributed by atoms with E-state index in [2.05, 4.69) is 15.3 Å². The molecule has 1 aromatic heterocycles. The molecule has 1 heterocycles. The highest BCUT2D eigenvalue weighted by Crippen LogP contribution is 2.27. The molecule has 3 rings (SSSR count). The van der Waals surface area contributed by atoms with E-state index >= 15 is 0 Å². The molecule has 1 aliphatic rings. The van der Waals surface area contributed by atoms with E-state index in [-0.39, 0.29) is 5.52 Å². The molecule has 17 heavy (non-hydrogen) atoms. The van der Waals surface area contributed by atoms with Crippen molar-refractivity contribution in [2.45, 2.75) is 19.4 Å². The van der Waals surface area contributed by atoms with E-state index in [1.165, 1.54) is 18.9 Å². The van der Waals surface area contributed by atoms with E-state index < -0.39 is 11.6 Å². The number of nitrogens with one attached hydrogen (secondary N) is 2. The number of imidazole rings is 1. The molecule has 0 radical (unpaired) electrons. The van der Waals surface area contributed by atoms with Crippen molar-refractivity contribution in [2.24, 2.45) is 5.92 Å². The van der Waals surface area contributed by atoms with Crippen molar-refractivity contribution in [2.75, 3.05) is 6.54 Å². The SMILES string of the molecule is Fc1ccc2[nH]c(CNCC3CC3)nc2c1F. The van der Waals surface area contributed by atoms with Crippen LogP contribution in [0.25, 0.3) is 11.0 Å². The third-order valence-electron chi connectivity index (χ3n) is 3.02. The Balaban J connectivity index is 1.78. The van der Waals surface area contributed by atoms with Crippen molar-refractivity contribution >= 4 is 11.0 Å². The summed E-state index contributed by atoms with van der Waals surface area (Å²) in [7, 11) is 0. The maximum atomic E-state index is 13.4. The van der Waals surface area contributed by atoms with Crippen LogP contribution in [0.2, 0.25) is 0 Å². The van der Waals surface area contributed by atoms with Crippen molar-refractivity contribution in [1.82, 2.24) is 15.3 Å². The van der Waals surface area contributed by atoms with Crippen molar-refractivity contribution in [1.29, 1.82) is 0 Å². The highest BCUT2D eigenvalue weighted by molar-refractivity contribution is 5.75. The Morgan fingerprint density at radius 3 is 2.94 bits per heavy atom. The number of hydrogen-bond acceptors (Lipinski definition) is 2. The number of nitrogens with zero attached hydrogens (tertiary/aromatic N) is 1. The normalized spacial score (nSPS) is 15.6. The zero-order chi connectivity index (χ0) is 11.8. The van der Waals surface area contributed by atoms with Gasteiger partial charge in [-0.05, 0) is 37.4 Å². The number of benzene rings is 1. The first kappa shape index (κ1) is 10.7. The Bertz CT molecular complexity index is 546. The van der Waals surface area contributed by atoms with Gasteiger partial charge in [-0.25, -0.2) is 13.8 Å². The molecule has 1 aromatic carbocycles. The van der Waals surface area contributed by atoms with E-state index in [4.69, 9.17) is 0 Å².